The second-order valence-corrected chi connectivity index (χ2v) is 4.34. The minimum atomic E-state index is -0.188. The fraction of sp³-hybridized carbons (Fsp3) is 0.667. The zero-order chi connectivity index (χ0) is 13.4. The molecule has 1 atom stereocenters. The Bertz CT molecular complexity index is 365. The lowest BCUT2D eigenvalue weighted by Crippen LogP contribution is -2.30. The number of aromatic nitrogens is 1. The van der Waals surface area contributed by atoms with Gasteiger partial charge in [0.2, 0.25) is 0 Å². The van der Waals surface area contributed by atoms with Crippen LogP contribution in [0.3, 0.4) is 0 Å². The third-order valence-electron chi connectivity index (χ3n) is 2.47. The molecule has 0 aliphatic rings. The lowest BCUT2D eigenvalue weighted by atomic mass is 10.1. The summed E-state index contributed by atoms with van der Waals surface area (Å²) < 4.78 is 9.93. The van der Waals surface area contributed by atoms with Crippen molar-refractivity contribution < 1.29 is 19.2 Å². The number of aliphatic hydroxyl groups is 1. The topological polar surface area (TPSA) is 84.6 Å². The molecular weight excluding hydrogens is 236 g/mol. The molecule has 1 rings (SSSR count). The maximum Gasteiger partial charge on any atom is 0.258 e. The summed E-state index contributed by atoms with van der Waals surface area (Å²) in [7, 11) is 0. The molecule has 1 aromatic rings. The number of amides is 1. The van der Waals surface area contributed by atoms with E-state index in [0.717, 1.165) is 12.8 Å². The summed E-state index contributed by atoms with van der Waals surface area (Å²) in [6, 6.07) is 1.62. The highest BCUT2D eigenvalue weighted by atomic mass is 16.5. The Kier molecular flexibility index (Phi) is 6.21. The first-order valence-electron chi connectivity index (χ1n) is 6.05. The van der Waals surface area contributed by atoms with Crippen LogP contribution in [-0.4, -0.2) is 35.9 Å². The summed E-state index contributed by atoms with van der Waals surface area (Å²) in [4.78, 5) is 11.4. The molecule has 6 heteroatoms. The number of aliphatic hydroxyl groups excluding tert-OH is 1. The van der Waals surface area contributed by atoms with Crippen molar-refractivity contribution in [2.24, 2.45) is 5.92 Å². The van der Waals surface area contributed by atoms with E-state index in [2.05, 4.69) is 10.5 Å². The van der Waals surface area contributed by atoms with Gasteiger partial charge in [0.05, 0.1) is 0 Å². The van der Waals surface area contributed by atoms with Crippen molar-refractivity contribution in [3.63, 3.8) is 0 Å². The monoisotopic (exact) mass is 256 g/mol. The van der Waals surface area contributed by atoms with Crippen molar-refractivity contribution in [1.82, 2.24) is 10.5 Å². The van der Waals surface area contributed by atoms with Gasteiger partial charge in [-0.1, -0.05) is 6.92 Å². The van der Waals surface area contributed by atoms with Crippen LogP contribution in [0.15, 0.2) is 10.6 Å². The van der Waals surface area contributed by atoms with Crippen LogP contribution < -0.4 is 10.1 Å². The molecule has 0 aliphatic heterocycles. The van der Waals surface area contributed by atoms with Crippen molar-refractivity contribution in [2.75, 3.05) is 19.8 Å². The van der Waals surface area contributed by atoms with Crippen LogP contribution in [0.25, 0.3) is 0 Å². The first-order chi connectivity index (χ1) is 8.61. The number of hydrogen-bond donors (Lipinski definition) is 2. The molecule has 0 spiro atoms. The highest BCUT2D eigenvalue weighted by Crippen LogP contribution is 2.09. The van der Waals surface area contributed by atoms with Crippen molar-refractivity contribution in [1.29, 1.82) is 0 Å². The molecule has 0 aromatic carbocycles. The van der Waals surface area contributed by atoms with Crippen LogP contribution in [0, 0.1) is 12.8 Å². The zero-order valence-electron chi connectivity index (χ0n) is 10.8. The van der Waals surface area contributed by atoms with Gasteiger partial charge < -0.3 is 19.7 Å². The maximum absolute atomic E-state index is 11.4. The fourth-order valence-corrected chi connectivity index (χ4v) is 1.37. The number of nitrogens with zero attached hydrogens (tertiary/aromatic N) is 1. The van der Waals surface area contributed by atoms with E-state index < -0.39 is 0 Å². The van der Waals surface area contributed by atoms with Crippen LogP contribution in [0.5, 0.6) is 5.88 Å². The van der Waals surface area contributed by atoms with E-state index in [1.165, 1.54) is 0 Å². The summed E-state index contributed by atoms with van der Waals surface area (Å²) >= 11 is 0. The Morgan fingerprint density at radius 1 is 1.67 bits per heavy atom. The van der Waals surface area contributed by atoms with E-state index >= 15 is 0 Å². The van der Waals surface area contributed by atoms with Gasteiger partial charge in [0.15, 0.2) is 6.61 Å². The number of aryl methyl sites for hydroxylation is 1. The molecule has 0 saturated heterocycles. The van der Waals surface area contributed by atoms with Crippen LogP contribution in [0.4, 0.5) is 0 Å². The van der Waals surface area contributed by atoms with Crippen LogP contribution >= 0.6 is 0 Å². The molecule has 1 unspecified atom stereocenters. The van der Waals surface area contributed by atoms with Gasteiger partial charge in [-0.25, -0.2) is 0 Å². The van der Waals surface area contributed by atoms with Crippen molar-refractivity contribution >= 4 is 5.91 Å². The molecule has 0 saturated carbocycles. The van der Waals surface area contributed by atoms with E-state index in [1.807, 2.05) is 6.92 Å². The highest BCUT2D eigenvalue weighted by molar-refractivity contribution is 5.77. The summed E-state index contributed by atoms with van der Waals surface area (Å²) in [5.41, 5.74) is 0. The zero-order valence-corrected chi connectivity index (χ0v) is 10.8. The molecular formula is C12H20N2O4. The predicted molar refractivity (Wildman–Crippen MR) is 65.2 cm³/mol. The number of nitrogens with one attached hydrogen (secondary N) is 1. The number of carbonyl (C=O) groups is 1. The number of hydrogen-bond acceptors (Lipinski definition) is 5. The van der Waals surface area contributed by atoms with Gasteiger partial charge in [-0.05, 0) is 30.8 Å². The van der Waals surface area contributed by atoms with E-state index in [4.69, 9.17) is 14.4 Å². The second kappa shape index (κ2) is 7.71. The van der Waals surface area contributed by atoms with Crippen LogP contribution in [0.1, 0.15) is 25.5 Å². The number of rotatable bonds is 8. The molecule has 102 valence electrons. The lowest BCUT2D eigenvalue weighted by molar-refractivity contribution is -0.123. The van der Waals surface area contributed by atoms with Gasteiger partial charge in [-0.3, -0.25) is 4.79 Å². The molecule has 18 heavy (non-hydrogen) atoms. The Balaban J connectivity index is 2.07. The largest absolute Gasteiger partial charge is 0.465 e. The van der Waals surface area contributed by atoms with Crippen LogP contribution in [-0.2, 0) is 4.79 Å². The number of carbonyl (C=O) groups excluding carboxylic acids is 1. The molecule has 1 amide bonds. The van der Waals surface area contributed by atoms with E-state index in [9.17, 15) is 4.79 Å². The van der Waals surface area contributed by atoms with Gasteiger partial charge >= 0.3 is 0 Å². The first-order valence-corrected chi connectivity index (χ1v) is 6.05. The van der Waals surface area contributed by atoms with Gasteiger partial charge in [-0.15, -0.1) is 0 Å². The Labute approximate surface area is 106 Å². The van der Waals surface area contributed by atoms with Gasteiger partial charge in [0.25, 0.3) is 11.8 Å². The Morgan fingerprint density at radius 2 is 2.44 bits per heavy atom. The van der Waals surface area contributed by atoms with E-state index in [0.29, 0.717) is 18.2 Å². The average Bonchev–Trinajstić information content (AvgIpc) is 2.77. The highest BCUT2D eigenvalue weighted by Gasteiger charge is 2.06. The molecule has 0 radical (unpaired) electrons. The second-order valence-electron chi connectivity index (χ2n) is 4.34. The normalized spacial score (nSPS) is 12.2. The molecule has 1 heterocycles. The predicted octanol–water partition coefficient (Wildman–Crippen LogP) is 0.887. The molecule has 0 aliphatic carbocycles. The fourth-order valence-electron chi connectivity index (χ4n) is 1.37. The average molecular weight is 256 g/mol. The third kappa shape index (κ3) is 5.67. The van der Waals surface area contributed by atoms with Gasteiger partial charge in [0, 0.05) is 19.2 Å². The molecule has 1 aromatic heterocycles. The van der Waals surface area contributed by atoms with Crippen molar-refractivity contribution in [3.05, 3.63) is 11.8 Å². The summed E-state index contributed by atoms with van der Waals surface area (Å²) in [6.07, 6.45) is 1.73. The first kappa shape index (κ1) is 14.5. The summed E-state index contributed by atoms with van der Waals surface area (Å²) in [5.74, 6) is 1.04. The van der Waals surface area contributed by atoms with Crippen molar-refractivity contribution in [2.45, 2.75) is 26.7 Å². The van der Waals surface area contributed by atoms with Crippen LogP contribution in [0.2, 0.25) is 0 Å². The molecule has 0 fully saturated rings. The Morgan fingerprint density at radius 3 is 3.06 bits per heavy atom. The van der Waals surface area contributed by atoms with E-state index in [1.54, 1.807) is 13.0 Å². The molecule has 0 bridgehead atoms. The lowest BCUT2D eigenvalue weighted by Gasteiger charge is -2.08. The SMILES string of the molecule is Cc1cc(OCC(=O)NCCCC(C)CO)no1. The number of ether oxygens (including phenoxy) is 1. The molecule has 6 nitrogen and oxygen atoms in total. The molecule has 2 N–H and O–H groups in total. The van der Waals surface area contributed by atoms with Gasteiger partial charge in [0.1, 0.15) is 5.76 Å². The summed E-state index contributed by atoms with van der Waals surface area (Å²) in [5, 5.41) is 15.2. The standard InChI is InChI=1S/C12H20N2O4/c1-9(7-15)4-3-5-13-11(16)8-17-12-6-10(2)18-14-12/h6,9,15H,3-5,7-8H2,1-2H3,(H,13,16). The Hall–Kier alpha value is -1.56. The maximum atomic E-state index is 11.4. The summed E-state index contributed by atoms with van der Waals surface area (Å²) in [6.45, 7) is 4.43. The van der Waals surface area contributed by atoms with Gasteiger partial charge in [-0.2, -0.15) is 0 Å². The quantitative estimate of drug-likeness (QED) is 0.675. The third-order valence-corrected chi connectivity index (χ3v) is 2.47. The minimum absolute atomic E-state index is 0.0679. The van der Waals surface area contributed by atoms with E-state index in [-0.39, 0.29) is 25.0 Å². The van der Waals surface area contributed by atoms with Crippen molar-refractivity contribution in [3.8, 4) is 5.88 Å². The minimum Gasteiger partial charge on any atom is -0.465 e. The smallest absolute Gasteiger partial charge is 0.258 e.